The van der Waals surface area contributed by atoms with Crippen molar-refractivity contribution in [2.45, 2.75) is 6.42 Å². The lowest BCUT2D eigenvalue weighted by molar-refractivity contribution is -0.384. The zero-order valence-electron chi connectivity index (χ0n) is 8.07. The van der Waals surface area contributed by atoms with Crippen molar-refractivity contribution in [2.24, 2.45) is 5.73 Å². The van der Waals surface area contributed by atoms with Crippen LogP contribution in [0, 0.1) is 13.7 Å². The average molecular weight is 321 g/mol. The first-order valence-electron chi connectivity index (χ1n) is 4.53. The van der Waals surface area contributed by atoms with Crippen molar-refractivity contribution in [2.75, 3.05) is 18.4 Å². The number of halogens is 1. The zero-order valence-corrected chi connectivity index (χ0v) is 10.2. The SMILES string of the molecule is NCCCNc1ccc(I)cc1[N+](=O)[O-]. The lowest BCUT2D eigenvalue weighted by Gasteiger charge is -2.06. The Morgan fingerprint density at radius 1 is 1.53 bits per heavy atom. The molecule has 0 bridgehead atoms. The van der Waals surface area contributed by atoms with E-state index in [1.165, 1.54) is 0 Å². The molecule has 1 aromatic carbocycles. The number of nitrogens with two attached hydrogens (primary N) is 1. The molecular weight excluding hydrogens is 309 g/mol. The van der Waals surface area contributed by atoms with Gasteiger partial charge in [-0.1, -0.05) is 0 Å². The Balaban J connectivity index is 2.81. The number of nitro benzene ring substituents is 1. The van der Waals surface area contributed by atoms with Crippen molar-refractivity contribution in [3.63, 3.8) is 0 Å². The molecule has 0 amide bonds. The molecule has 0 spiro atoms. The van der Waals surface area contributed by atoms with Crippen molar-refractivity contribution in [1.29, 1.82) is 0 Å². The molecule has 0 aliphatic heterocycles. The highest BCUT2D eigenvalue weighted by molar-refractivity contribution is 14.1. The largest absolute Gasteiger partial charge is 0.379 e. The van der Waals surface area contributed by atoms with Gasteiger partial charge in [-0.15, -0.1) is 0 Å². The molecule has 0 aromatic heterocycles. The number of hydrogen-bond donors (Lipinski definition) is 2. The van der Waals surface area contributed by atoms with Crippen molar-refractivity contribution < 1.29 is 4.92 Å². The van der Waals surface area contributed by atoms with Gasteiger partial charge >= 0.3 is 0 Å². The summed E-state index contributed by atoms with van der Waals surface area (Å²) in [5.74, 6) is 0. The van der Waals surface area contributed by atoms with Gasteiger partial charge in [0.15, 0.2) is 0 Å². The van der Waals surface area contributed by atoms with Crippen LogP contribution in [0.15, 0.2) is 18.2 Å². The van der Waals surface area contributed by atoms with E-state index in [1.54, 1.807) is 12.1 Å². The third-order valence-electron chi connectivity index (χ3n) is 1.85. The van der Waals surface area contributed by atoms with E-state index in [9.17, 15) is 10.1 Å². The number of benzene rings is 1. The lowest BCUT2D eigenvalue weighted by atomic mass is 10.2. The summed E-state index contributed by atoms with van der Waals surface area (Å²) in [7, 11) is 0. The summed E-state index contributed by atoms with van der Waals surface area (Å²) in [6, 6.07) is 5.10. The van der Waals surface area contributed by atoms with Crippen LogP contribution in [-0.4, -0.2) is 18.0 Å². The molecule has 6 heteroatoms. The van der Waals surface area contributed by atoms with Gasteiger partial charge in [0.2, 0.25) is 0 Å². The first kappa shape index (κ1) is 12.2. The quantitative estimate of drug-likeness (QED) is 0.376. The van der Waals surface area contributed by atoms with Crippen LogP contribution in [0.5, 0.6) is 0 Å². The molecule has 15 heavy (non-hydrogen) atoms. The molecule has 3 N–H and O–H groups in total. The fourth-order valence-electron chi connectivity index (χ4n) is 1.13. The highest BCUT2D eigenvalue weighted by atomic mass is 127. The monoisotopic (exact) mass is 321 g/mol. The van der Waals surface area contributed by atoms with Crippen LogP contribution in [0.1, 0.15) is 6.42 Å². The van der Waals surface area contributed by atoms with Gasteiger partial charge in [0.25, 0.3) is 5.69 Å². The highest BCUT2D eigenvalue weighted by Gasteiger charge is 2.12. The molecule has 1 aromatic rings. The topological polar surface area (TPSA) is 81.2 Å². The number of rotatable bonds is 5. The number of nitrogens with one attached hydrogen (secondary N) is 1. The minimum absolute atomic E-state index is 0.110. The molecule has 5 nitrogen and oxygen atoms in total. The zero-order chi connectivity index (χ0) is 11.3. The van der Waals surface area contributed by atoms with Gasteiger partial charge in [-0.05, 0) is 47.7 Å². The van der Waals surface area contributed by atoms with Gasteiger partial charge in [-0.2, -0.15) is 0 Å². The molecular formula is C9H12IN3O2. The molecule has 0 atom stereocenters. The third-order valence-corrected chi connectivity index (χ3v) is 2.52. The highest BCUT2D eigenvalue weighted by Crippen LogP contribution is 2.25. The minimum atomic E-state index is -0.382. The van der Waals surface area contributed by atoms with Gasteiger partial charge in [0.05, 0.1) is 4.92 Å². The van der Waals surface area contributed by atoms with E-state index >= 15 is 0 Å². The summed E-state index contributed by atoms with van der Waals surface area (Å²) in [6.07, 6.45) is 0.795. The molecule has 0 saturated carbocycles. The Labute approximate surface area is 101 Å². The standard InChI is InChI=1S/C9H12IN3O2/c10-7-2-3-8(12-5-1-4-11)9(6-7)13(14)15/h2-3,6,12H,1,4-5,11H2. The number of nitro groups is 1. The molecule has 0 aliphatic carbocycles. The third kappa shape index (κ3) is 3.63. The Bertz CT molecular complexity index is 357. The Morgan fingerprint density at radius 3 is 2.87 bits per heavy atom. The molecule has 0 heterocycles. The molecule has 0 aliphatic rings. The van der Waals surface area contributed by atoms with Crippen LogP contribution in [-0.2, 0) is 0 Å². The fourth-order valence-corrected chi connectivity index (χ4v) is 1.61. The van der Waals surface area contributed by atoms with E-state index in [-0.39, 0.29) is 10.6 Å². The summed E-state index contributed by atoms with van der Waals surface area (Å²) in [5, 5.41) is 13.7. The number of anilines is 1. The maximum atomic E-state index is 10.7. The van der Waals surface area contributed by atoms with E-state index < -0.39 is 0 Å². The first-order chi connectivity index (χ1) is 7.15. The maximum absolute atomic E-state index is 10.7. The van der Waals surface area contributed by atoms with Gasteiger partial charge < -0.3 is 11.1 Å². The molecule has 82 valence electrons. The molecule has 0 unspecified atom stereocenters. The second-order valence-electron chi connectivity index (χ2n) is 2.99. The van der Waals surface area contributed by atoms with E-state index in [0.29, 0.717) is 18.8 Å². The van der Waals surface area contributed by atoms with Crippen LogP contribution in [0.25, 0.3) is 0 Å². The smallest absolute Gasteiger partial charge is 0.293 e. The molecule has 0 fully saturated rings. The van der Waals surface area contributed by atoms with Crippen molar-refractivity contribution in [3.05, 3.63) is 31.9 Å². The van der Waals surface area contributed by atoms with Crippen LogP contribution in [0.4, 0.5) is 11.4 Å². The van der Waals surface area contributed by atoms with Crippen LogP contribution in [0.3, 0.4) is 0 Å². The summed E-state index contributed by atoms with van der Waals surface area (Å²) in [5.41, 5.74) is 6.00. The Hall–Kier alpha value is -0.890. The van der Waals surface area contributed by atoms with Gasteiger partial charge in [0.1, 0.15) is 5.69 Å². The van der Waals surface area contributed by atoms with Gasteiger partial charge in [0, 0.05) is 16.2 Å². The first-order valence-corrected chi connectivity index (χ1v) is 5.61. The Kier molecular flexibility index (Phi) is 4.76. The summed E-state index contributed by atoms with van der Waals surface area (Å²) >= 11 is 2.05. The second kappa shape index (κ2) is 5.86. The average Bonchev–Trinajstić information content (AvgIpc) is 2.20. The molecule has 0 radical (unpaired) electrons. The Morgan fingerprint density at radius 2 is 2.27 bits per heavy atom. The van der Waals surface area contributed by atoms with Crippen LogP contribution in [0.2, 0.25) is 0 Å². The summed E-state index contributed by atoms with van der Waals surface area (Å²) < 4.78 is 0.851. The predicted octanol–water partition coefficient (Wildman–Crippen LogP) is 1.96. The summed E-state index contributed by atoms with van der Waals surface area (Å²) in [4.78, 5) is 10.4. The van der Waals surface area contributed by atoms with Crippen LogP contribution < -0.4 is 11.1 Å². The van der Waals surface area contributed by atoms with E-state index in [2.05, 4.69) is 5.32 Å². The minimum Gasteiger partial charge on any atom is -0.379 e. The second-order valence-corrected chi connectivity index (χ2v) is 4.23. The van der Waals surface area contributed by atoms with Crippen molar-refractivity contribution in [1.82, 2.24) is 0 Å². The molecule has 0 saturated heterocycles. The number of nitrogens with zero attached hydrogens (tertiary/aromatic N) is 1. The van der Waals surface area contributed by atoms with Gasteiger partial charge in [-0.25, -0.2) is 0 Å². The molecule has 1 rings (SSSR count). The van der Waals surface area contributed by atoms with E-state index in [4.69, 9.17) is 5.73 Å². The van der Waals surface area contributed by atoms with Crippen molar-refractivity contribution in [3.8, 4) is 0 Å². The summed E-state index contributed by atoms with van der Waals surface area (Å²) in [6.45, 7) is 1.23. The number of hydrogen-bond acceptors (Lipinski definition) is 4. The van der Waals surface area contributed by atoms with Crippen molar-refractivity contribution >= 4 is 34.0 Å². The van der Waals surface area contributed by atoms with Crippen LogP contribution >= 0.6 is 22.6 Å². The predicted molar refractivity (Wildman–Crippen MR) is 68.0 cm³/mol. The van der Waals surface area contributed by atoms with E-state index in [1.807, 2.05) is 28.7 Å². The lowest BCUT2D eigenvalue weighted by Crippen LogP contribution is -2.09. The van der Waals surface area contributed by atoms with E-state index in [0.717, 1.165) is 9.99 Å². The maximum Gasteiger partial charge on any atom is 0.293 e. The van der Waals surface area contributed by atoms with Gasteiger partial charge in [-0.3, -0.25) is 10.1 Å². The fraction of sp³-hybridized carbons (Fsp3) is 0.333. The normalized spacial score (nSPS) is 10.0.